The third kappa shape index (κ3) is 7.60. The second-order valence-corrected chi connectivity index (χ2v) is 16.3. The summed E-state index contributed by atoms with van der Waals surface area (Å²) in [5.41, 5.74) is 3.72. The predicted octanol–water partition coefficient (Wildman–Crippen LogP) is 7.48. The zero-order chi connectivity index (χ0) is 40.8. The van der Waals surface area contributed by atoms with E-state index < -0.39 is 12.8 Å². The van der Waals surface area contributed by atoms with Crippen LogP contribution in [-0.2, 0) is 9.53 Å². The van der Waals surface area contributed by atoms with Crippen LogP contribution in [0.1, 0.15) is 68.3 Å². The van der Waals surface area contributed by atoms with E-state index in [0.29, 0.717) is 91.2 Å². The predicted molar refractivity (Wildman–Crippen MR) is 217 cm³/mol. The number of carbonyl (C=O) groups is 2. The van der Waals surface area contributed by atoms with E-state index >= 15 is 0 Å². The molecule has 4 aliphatic heterocycles. The maximum Gasteiger partial charge on any atom is 0.422 e. The molecule has 4 fully saturated rings. The van der Waals surface area contributed by atoms with Crippen LogP contribution in [0.2, 0.25) is 0 Å². The number of ether oxygens (including phenoxy) is 2. The fourth-order valence-electron chi connectivity index (χ4n) is 9.56. The first-order valence-corrected chi connectivity index (χ1v) is 20.4. The lowest BCUT2D eigenvalue weighted by Gasteiger charge is -2.54. The Morgan fingerprint density at radius 1 is 0.966 bits per heavy atom. The number of alkyl halides is 3. The zero-order valence-electron chi connectivity index (χ0n) is 33.2. The number of aromatic nitrogens is 4. The molecule has 2 aromatic heterocycles. The van der Waals surface area contributed by atoms with Crippen molar-refractivity contribution in [1.29, 1.82) is 0 Å². The van der Waals surface area contributed by atoms with Crippen LogP contribution in [0.15, 0.2) is 43.6 Å². The van der Waals surface area contributed by atoms with Crippen LogP contribution >= 0.6 is 0 Å². The Morgan fingerprint density at radius 2 is 1.69 bits per heavy atom. The van der Waals surface area contributed by atoms with E-state index in [9.17, 15) is 22.8 Å². The molecule has 0 radical (unpaired) electrons. The summed E-state index contributed by atoms with van der Waals surface area (Å²) in [6, 6.07) is 6.11. The number of piperidine rings is 3. The Labute approximate surface area is 336 Å². The lowest BCUT2D eigenvalue weighted by Crippen LogP contribution is -2.61. The molecule has 0 aliphatic carbocycles. The van der Waals surface area contributed by atoms with Gasteiger partial charge in [-0.1, -0.05) is 25.3 Å². The van der Waals surface area contributed by atoms with Crippen molar-refractivity contribution in [3.05, 3.63) is 60.6 Å². The summed E-state index contributed by atoms with van der Waals surface area (Å²) in [5, 5.41) is 8.61. The van der Waals surface area contributed by atoms with Gasteiger partial charge in [0.25, 0.3) is 0 Å². The number of nitrogens with one attached hydrogen (secondary N) is 1. The van der Waals surface area contributed by atoms with Crippen molar-refractivity contribution >= 4 is 45.7 Å². The van der Waals surface area contributed by atoms with E-state index in [0.717, 1.165) is 68.1 Å². The Morgan fingerprint density at radius 3 is 2.34 bits per heavy atom. The first kappa shape index (κ1) is 39.6. The topological polar surface area (TPSA) is 120 Å². The molecular weight excluding hydrogens is 750 g/mol. The summed E-state index contributed by atoms with van der Waals surface area (Å²) in [6.07, 6.45) is 4.81. The van der Waals surface area contributed by atoms with Gasteiger partial charge in [0.15, 0.2) is 12.4 Å². The number of hydrogen-bond acceptors (Lipinski definition) is 9. The molecule has 0 atom stereocenters. The summed E-state index contributed by atoms with van der Waals surface area (Å²) >= 11 is 0. The van der Waals surface area contributed by atoms with Gasteiger partial charge in [0.1, 0.15) is 17.2 Å². The first-order chi connectivity index (χ1) is 27.9. The van der Waals surface area contributed by atoms with Crippen LogP contribution in [0.3, 0.4) is 0 Å². The second-order valence-electron chi connectivity index (χ2n) is 16.3. The number of aryl methyl sites for hydroxylation is 1. The van der Waals surface area contributed by atoms with Gasteiger partial charge in [0, 0.05) is 73.0 Å². The van der Waals surface area contributed by atoms with Gasteiger partial charge in [-0.3, -0.25) is 9.89 Å². The van der Waals surface area contributed by atoms with Crippen molar-refractivity contribution in [2.45, 2.75) is 70.5 Å². The molecule has 4 saturated heterocycles. The number of amides is 2. The summed E-state index contributed by atoms with van der Waals surface area (Å²) in [4.78, 5) is 43.4. The SMILES string of the molecule is C=CC(=O)N1CC2(CCN(c3nc(C4CCN(C5CCN(C(=O)OCC)CC5)CC4)nc4c(OCC(F)(F)F)c(-c5c(C)ccc6[nH]ncc56)c(C=C)cc34)CC2)C1. The molecule has 0 bridgehead atoms. The fourth-order valence-corrected chi connectivity index (χ4v) is 9.56. The van der Waals surface area contributed by atoms with E-state index in [1.54, 1.807) is 17.2 Å². The van der Waals surface area contributed by atoms with Crippen molar-refractivity contribution < 1.29 is 32.2 Å². The molecule has 8 rings (SSSR count). The van der Waals surface area contributed by atoms with Crippen molar-refractivity contribution in [2.75, 3.05) is 70.5 Å². The van der Waals surface area contributed by atoms with Crippen molar-refractivity contribution in [1.82, 2.24) is 34.9 Å². The van der Waals surface area contributed by atoms with Gasteiger partial charge in [-0.15, -0.1) is 0 Å². The van der Waals surface area contributed by atoms with Crippen LogP contribution in [0, 0.1) is 12.3 Å². The number of likely N-dealkylation sites (tertiary alicyclic amines) is 3. The molecule has 0 saturated carbocycles. The fraction of sp³-hybridized carbons (Fsp3) is 0.512. The van der Waals surface area contributed by atoms with Gasteiger partial charge in [-0.05, 0) is 100 Å². The van der Waals surface area contributed by atoms with Crippen LogP contribution in [0.4, 0.5) is 23.8 Å². The maximum absolute atomic E-state index is 14.1. The standard InChI is InChI=1S/C43H51F3N8O4/c1-5-28-22-31-37(38(58-26-43(44,45)46)36(28)35-27(4)8-9-33-32(35)23-47-50-33)48-39(49-40(31)52-20-14-42(15-21-52)24-54(25-42)34(55)6-2)29-10-16-51(17-11-29)30-12-18-53(19-13-30)41(56)57-7-3/h5-6,8-9,22-23,29-30H,1-2,7,10-21,24-26H2,3-4H3,(H,47,50). The maximum atomic E-state index is 14.1. The molecule has 2 aromatic carbocycles. The molecule has 12 nitrogen and oxygen atoms in total. The number of nitrogens with zero attached hydrogens (tertiary/aromatic N) is 7. The molecular formula is C43H51F3N8O4. The van der Waals surface area contributed by atoms with Crippen LogP contribution in [0.25, 0.3) is 39.0 Å². The summed E-state index contributed by atoms with van der Waals surface area (Å²) in [6.45, 7) is 16.0. The number of hydrogen-bond donors (Lipinski definition) is 1. The summed E-state index contributed by atoms with van der Waals surface area (Å²) < 4.78 is 53.5. The number of fused-ring (bicyclic) bond motifs is 2. The van der Waals surface area contributed by atoms with Gasteiger partial charge in [0.2, 0.25) is 5.91 Å². The molecule has 2 amide bonds. The average molecular weight is 801 g/mol. The molecule has 1 spiro atoms. The van der Waals surface area contributed by atoms with Crippen molar-refractivity contribution in [2.24, 2.45) is 5.41 Å². The average Bonchev–Trinajstić information content (AvgIpc) is 3.70. The van der Waals surface area contributed by atoms with E-state index in [1.807, 2.05) is 36.9 Å². The van der Waals surface area contributed by atoms with Crippen molar-refractivity contribution in [3.63, 3.8) is 0 Å². The molecule has 1 N–H and O–H groups in total. The molecule has 6 heterocycles. The molecule has 4 aliphatic rings. The molecule has 15 heteroatoms. The Hall–Kier alpha value is -5.18. The highest BCUT2D eigenvalue weighted by Crippen LogP contribution is 2.48. The van der Waals surface area contributed by atoms with Crippen LogP contribution < -0.4 is 9.64 Å². The monoisotopic (exact) mass is 800 g/mol. The summed E-state index contributed by atoms with van der Waals surface area (Å²) in [7, 11) is 0. The van der Waals surface area contributed by atoms with E-state index in [-0.39, 0.29) is 29.1 Å². The Kier molecular flexibility index (Phi) is 10.8. The van der Waals surface area contributed by atoms with E-state index in [4.69, 9.17) is 19.4 Å². The Bertz CT molecular complexity index is 2210. The van der Waals surface area contributed by atoms with Gasteiger partial charge in [-0.25, -0.2) is 14.8 Å². The first-order valence-electron chi connectivity index (χ1n) is 20.4. The van der Waals surface area contributed by atoms with Gasteiger partial charge in [0.05, 0.1) is 18.3 Å². The molecule has 58 heavy (non-hydrogen) atoms. The normalized spacial score (nSPS) is 19.4. The Balaban J connectivity index is 1.18. The molecule has 4 aromatic rings. The summed E-state index contributed by atoms with van der Waals surface area (Å²) in [5.74, 6) is 1.22. The molecule has 308 valence electrons. The highest BCUT2D eigenvalue weighted by Gasteiger charge is 2.46. The lowest BCUT2D eigenvalue weighted by atomic mass is 9.72. The van der Waals surface area contributed by atoms with E-state index in [2.05, 4.69) is 33.2 Å². The number of carbonyl (C=O) groups excluding carboxylic acids is 2. The minimum atomic E-state index is -4.60. The van der Waals surface area contributed by atoms with Gasteiger partial charge < -0.3 is 29.1 Å². The van der Waals surface area contributed by atoms with Crippen LogP contribution in [0.5, 0.6) is 5.75 Å². The van der Waals surface area contributed by atoms with Crippen LogP contribution in [-0.4, -0.2) is 125 Å². The smallest absolute Gasteiger partial charge is 0.422 e. The van der Waals surface area contributed by atoms with Gasteiger partial charge in [-0.2, -0.15) is 18.3 Å². The van der Waals surface area contributed by atoms with E-state index in [1.165, 1.54) is 6.08 Å². The van der Waals surface area contributed by atoms with Gasteiger partial charge >= 0.3 is 12.3 Å². The lowest BCUT2D eigenvalue weighted by molar-refractivity contribution is -0.153. The minimum Gasteiger partial charge on any atom is -0.481 e. The minimum absolute atomic E-state index is 0.0152. The number of rotatable bonds is 9. The molecule has 0 unspecified atom stereocenters. The largest absolute Gasteiger partial charge is 0.481 e. The number of halogens is 3. The zero-order valence-corrected chi connectivity index (χ0v) is 33.2. The number of anilines is 1. The number of aromatic amines is 1. The highest BCUT2D eigenvalue weighted by atomic mass is 19.4. The number of H-pyrrole nitrogens is 1. The third-order valence-electron chi connectivity index (χ3n) is 12.7. The quantitative estimate of drug-likeness (QED) is 0.172. The second kappa shape index (κ2) is 15.9. The number of benzene rings is 2. The highest BCUT2D eigenvalue weighted by molar-refractivity contribution is 6.07. The van der Waals surface area contributed by atoms with Crippen molar-refractivity contribution in [3.8, 4) is 16.9 Å². The third-order valence-corrected chi connectivity index (χ3v) is 12.7.